The first kappa shape index (κ1) is 8.93. The summed E-state index contributed by atoms with van der Waals surface area (Å²) in [6.07, 6.45) is 0. The Labute approximate surface area is 78.9 Å². The molecular weight excluding hydrogens is 256 g/mol. The summed E-state index contributed by atoms with van der Waals surface area (Å²) in [5, 5.41) is 0. The Bertz CT molecular complexity index is 260. The van der Waals surface area contributed by atoms with Gasteiger partial charge in [-0.2, -0.15) is 0 Å². The van der Waals surface area contributed by atoms with E-state index in [1.807, 2.05) is 6.92 Å². The Morgan fingerprint density at radius 2 is 2.18 bits per heavy atom. The fourth-order valence-electron chi connectivity index (χ4n) is 0.871. The number of nitrogens with two attached hydrogens (primary N) is 1. The Morgan fingerprint density at radius 1 is 1.55 bits per heavy atom. The van der Waals surface area contributed by atoms with E-state index in [0.29, 0.717) is 0 Å². The lowest BCUT2D eigenvalue weighted by molar-refractivity contribution is 0.624. The maximum Gasteiger partial charge on any atom is 0.124 e. The van der Waals surface area contributed by atoms with Gasteiger partial charge in [0.1, 0.15) is 5.82 Å². The molecule has 0 spiro atoms. The van der Waals surface area contributed by atoms with Crippen molar-refractivity contribution in [2.24, 2.45) is 5.73 Å². The summed E-state index contributed by atoms with van der Waals surface area (Å²) in [6.45, 7) is 1.88. The fourth-order valence-corrected chi connectivity index (χ4v) is 1.84. The van der Waals surface area contributed by atoms with Crippen LogP contribution in [0, 0.1) is 9.39 Å². The first-order valence-corrected chi connectivity index (χ1v) is 4.39. The predicted octanol–water partition coefficient (Wildman–Crippen LogP) is 2.45. The minimum Gasteiger partial charge on any atom is -0.324 e. The van der Waals surface area contributed by atoms with Gasteiger partial charge < -0.3 is 5.73 Å². The normalized spacial score (nSPS) is 13.1. The van der Waals surface area contributed by atoms with Crippen molar-refractivity contribution < 1.29 is 4.39 Å². The summed E-state index contributed by atoms with van der Waals surface area (Å²) >= 11 is 2.08. The third kappa shape index (κ3) is 2.13. The van der Waals surface area contributed by atoms with Crippen molar-refractivity contribution in [1.82, 2.24) is 0 Å². The average Bonchev–Trinajstić information content (AvgIpc) is 1.85. The van der Waals surface area contributed by atoms with Gasteiger partial charge >= 0.3 is 0 Å². The zero-order valence-corrected chi connectivity index (χ0v) is 8.30. The van der Waals surface area contributed by atoms with Crippen molar-refractivity contribution >= 4 is 22.6 Å². The van der Waals surface area contributed by atoms with Gasteiger partial charge in [0, 0.05) is 9.61 Å². The quantitative estimate of drug-likeness (QED) is 0.775. The van der Waals surface area contributed by atoms with E-state index in [1.165, 1.54) is 12.1 Å². The van der Waals surface area contributed by atoms with Crippen LogP contribution in [0.1, 0.15) is 18.5 Å². The van der Waals surface area contributed by atoms with Gasteiger partial charge in [-0.3, -0.25) is 0 Å². The van der Waals surface area contributed by atoms with E-state index in [0.717, 1.165) is 9.13 Å². The van der Waals surface area contributed by atoms with Crippen LogP contribution in [0.4, 0.5) is 4.39 Å². The van der Waals surface area contributed by atoms with Crippen molar-refractivity contribution in [2.75, 3.05) is 0 Å². The molecule has 60 valence electrons. The van der Waals surface area contributed by atoms with Crippen LogP contribution >= 0.6 is 22.6 Å². The summed E-state index contributed by atoms with van der Waals surface area (Å²) in [5.41, 5.74) is 6.63. The molecular formula is C8H9FIN. The molecule has 0 aromatic heterocycles. The van der Waals surface area contributed by atoms with Crippen LogP contribution in [0.2, 0.25) is 0 Å². The smallest absolute Gasteiger partial charge is 0.124 e. The van der Waals surface area contributed by atoms with Gasteiger partial charge in [0.2, 0.25) is 0 Å². The molecule has 0 heterocycles. The zero-order chi connectivity index (χ0) is 8.43. The van der Waals surface area contributed by atoms with Crippen molar-refractivity contribution in [2.45, 2.75) is 13.0 Å². The molecule has 1 rings (SSSR count). The molecule has 1 aromatic carbocycles. The van der Waals surface area contributed by atoms with Gasteiger partial charge in [0.05, 0.1) is 0 Å². The van der Waals surface area contributed by atoms with Gasteiger partial charge in [0.25, 0.3) is 0 Å². The second-order valence-electron chi connectivity index (χ2n) is 2.45. The topological polar surface area (TPSA) is 26.0 Å². The summed E-state index contributed by atoms with van der Waals surface area (Å²) in [6, 6.07) is 4.62. The van der Waals surface area contributed by atoms with Crippen LogP contribution in [0.15, 0.2) is 18.2 Å². The van der Waals surface area contributed by atoms with Crippen molar-refractivity contribution in [3.05, 3.63) is 33.1 Å². The van der Waals surface area contributed by atoms with Crippen molar-refractivity contribution in [1.29, 1.82) is 0 Å². The Kier molecular flexibility index (Phi) is 2.84. The highest BCUT2D eigenvalue weighted by Gasteiger charge is 2.04. The summed E-state index contributed by atoms with van der Waals surface area (Å²) in [7, 11) is 0. The maximum atomic E-state index is 12.6. The van der Waals surface area contributed by atoms with Crippen LogP contribution in [0.3, 0.4) is 0 Å². The third-order valence-corrected chi connectivity index (χ3v) is 2.39. The second kappa shape index (κ2) is 3.49. The number of rotatable bonds is 1. The largest absolute Gasteiger partial charge is 0.324 e. The third-order valence-electron chi connectivity index (χ3n) is 1.45. The summed E-state index contributed by atoms with van der Waals surface area (Å²) < 4.78 is 13.5. The molecule has 2 N–H and O–H groups in total. The van der Waals surface area contributed by atoms with Gasteiger partial charge in [-0.15, -0.1) is 0 Å². The molecule has 0 aliphatic rings. The van der Waals surface area contributed by atoms with Gasteiger partial charge in [-0.1, -0.05) is 6.07 Å². The van der Waals surface area contributed by atoms with E-state index in [4.69, 9.17) is 5.73 Å². The van der Waals surface area contributed by atoms with E-state index >= 15 is 0 Å². The lowest BCUT2D eigenvalue weighted by Crippen LogP contribution is -2.06. The lowest BCUT2D eigenvalue weighted by Gasteiger charge is -2.07. The number of halogens is 2. The number of benzene rings is 1. The Hall–Kier alpha value is -0.160. The van der Waals surface area contributed by atoms with E-state index in [2.05, 4.69) is 22.6 Å². The van der Waals surface area contributed by atoms with Gasteiger partial charge in [-0.05, 0) is 47.2 Å². The molecule has 0 aliphatic carbocycles. The minimum absolute atomic E-state index is 0.0255. The molecule has 0 saturated carbocycles. The Balaban J connectivity index is 3.09. The van der Waals surface area contributed by atoms with E-state index in [1.54, 1.807) is 6.07 Å². The maximum absolute atomic E-state index is 12.6. The molecule has 11 heavy (non-hydrogen) atoms. The predicted molar refractivity (Wildman–Crippen MR) is 51.7 cm³/mol. The Morgan fingerprint density at radius 3 is 2.64 bits per heavy atom. The minimum atomic E-state index is -0.209. The fraction of sp³-hybridized carbons (Fsp3) is 0.250. The van der Waals surface area contributed by atoms with Crippen molar-refractivity contribution in [3.8, 4) is 0 Å². The molecule has 0 fully saturated rings. The standard InChI is InChI=1S/C8H9FIN/c1-5(11)7-3-2-6(9)4-8(7)10/h2-5H,11H2,1H3/t5-/m0/s1. The molecule has 0 saturated heterocycles. The number of hydrogen-bond acceptors (Lipinski definition) is 1. The van der Waals surface area contributed by atoms with Crippen LogP contribution in [-0.2, 0) is 0 Å². The zero-order valence-electron chi connectivity index (χ0n) is 6.14. The number of hydrogen-bond donors (Lipinski definition) is 1. The van der Waals surface area contributed by atoms with Gasteiger partial charge in [0.15, 0.2) is 0 Å². The average molecular weight is 265 g/mol. The summed E-state index contributed by atoms with van der Waals surface area (Å²) in [5.74, 6) is -0.209. The molecule has 0 aliphatic heterocycles. The van der Waals surface area contributed by atoms with Crippen LogP contribution in [-0.4, -0.2) is 0 Å². The molecule has 0 unspecified atom stereocenters. The molecule has 0 amide bonds. The molecule has 0 radical (unpaired) electrons. The first-order valence-electron chi connectivity index (χ1n) is 3.32. The second-order valence-corrected chi connectivity index (χ2v) is 3.62. The monoisotopic (exact) mass is 265 g/mol. The highest BCUT2D eigenvalue weighted by atomic mass is 127. The van der Waals surface area contributed by atoms with Crippen LogP contribution < -0.4 is 5.73 Å². The molecule has 3 heteroatoms. The molecule has 1 nitrogen and oxygen atoms in total. The molecule has 0 bridgehead atoms. The van der Waals surface area contributed by atoms with E-state index in [9.17, 15) is 4.39 Å². The highest BCUT2D eigenvalue weighted by molar-refractivity contribution is 14.1. The van der Waals surface area contributed by atoms with Crippen molar-refractivity contribution in [3.63, 3.8) is 0 Å². The highest BCUT2D eigenvalue weighted by Crippen LogP contribution is 2.18. The molecule has 1 atom stereocenters. The molecule has 1 aromatic rings. The SMILES string of the molecule is C[C@H](N)c1ccc(F)cc1I. The summed E-state index contributed by atoms with van der Waals surface area (Å²) in [4.78, 5) is 0. The lowest BCUT2D eigenvalue weighted by atomic mass is 10.1. The first-order chi connectivity index (χ1) is 5.11. The van der Waals surface area contributed by atoms with E-state index < -0.39 is 0 Å². The van der Waals surface area contributed by atoms with Crippen LogP contribution in [0.5, 0.6) is 0 Å². The van der Waals surface area contributed by atoms with Gasteiger partial charge in [-0.25, -0.2) is 4.39 Å². The van der Waals surface area contributed by atoms with E-state index in [-0.39, 0.29) is 11.9 Å². The van der Waals surface area contributed by atoms with Crippen LogP contribution in [0.25, 0.3) is 0 Å².